The molecule has 1 aromatic carbocycles. The zero-order chi connectivity index (χ0) is 16.0. The van der Waals surface area contributed by atoms with E-state index in [1.165, 1.54) is 38.5 Å². The zero-order valence-corrected chi connectivity index (χ0v) is 14.5. The second-order valence-electron chi connectivity index (χ2n) is 8.06. The van der Waals surface area contributed by atoms with Gasteiger partial charge in [-0.3, -0.25) is 9.69 Å². The van der Waals surface area contributed by atoms with Crippen LogP contribution in [-0.2, 0) is 4.79 Å². The molecule has 5 rings (SSSR count). The van der Waals surface area contributed by atoms with Crippen LogP contribution in [0.2, 0.25) is 5.02 Å². The minimum absolute atomic E-state index is 0.0607. The second-order valence-corrected chi connectivity index (χ2v) is 8.49. The van der Waals surface area contributed by atoms with E-state index in [0.717, 1.165) is 23.4 Å². The summed E-state index contributed by atoms with van der Waals surface area (Å²) in [4.78, 5) is 14.8. The van der Waals surface area contributed by atoms with Crippen LogP contribution >= 0.6 is 11.6 Å². The molecular formula is C19H25ClN2O. The molecule has 23 heavy (non-hydrogen) atoms. The van der Waals surface area contributed by atoms with Gasteiger partial charge in [0.15, 0.2) is 0 Å². The lowest BCUT2D eigenvalue weighted by Crippen LogP contribution is -2.59. The van der Waals surface area contributed by atoms with E-state index in [1.54, 1.807) is 6.07 Å². The number of anilines is 1. The number of amides is 1. The van der Waals surface area contributed by atoms with Crippen molar-refractivity contribution < 1.29 is 4.79 Å². The van der Waals surface area contributed by atoms with E-state index in [9.17, 15) is 4.79 Å². The topological polar surface area (TPSA) is 32.3 Å². The molecule has 1 N–H and O–H groups in total. The van der Waals surface area contributed by atoms with Crippen LogP contribution in [0, 0.1) is 17.8 Å². The smallest absolute Gasteiger partial charge is 0.238 e. The Morgan fingerprint density at radius 1 is 1.22 bits per heavy atom. The third kappa shape index (κ3) is 3.01. The van der Waals surface area contributed by atoms with Gasteiger partial charge in [-0.2, -0.15) is 0 Å². The Morgan fingerprint density at radius 2 is 1.83 bits per heavy atom. The number of halogens is 1. The van der Waals surface area contributed by atoms with Crippen molar-refractivity contribution in [3.05, 3.63) is 29.3 Å². The fourth-order valence-electron chi connectivity index (χ4n) is 5.68. The molecule has 4 aliphatic carbocycles. The maximum absolute atomic E-state index is 12.4. The molecule has 3 nitrogen and oxygen atoms in total. The predicted molar refractivity (Wildman–Crippen MR) is 93.6 cm³/mol. The first-order chi connectivity index (χ1) is 11.0. The van der Waals surface area contributed by atoms with Crippen LogP contribution in [-0.4, -0.2) is 29.9 Å². The number of likely N-dealkylation sites (N-methyl/N-ethyl adjacent to an activating group) is 1. The molecule has 0 heterocycles. The van der Waals surface area contributed by atoms with Crippen LogP contribution in [0.5, 0.6) is 0 Å². The minimum atomic E-state index is 0.0607. The molecule has 4 bridgehead atoms. The van der Waals surface area contributed by atoms with Gasteiger partial charge in [-0.25, -0.2) is 0 Å². The van der Waals surface area contributed by atoms with Gasteiger partial charge in [-0.1, -0.05) is 17.7 Å². The number of nitrogens with zero attached hydrogens (tertiary/aromatic N) is 1. The largest absolute Gasteiger partial charge is 0.325 e. The molecule has 1 amide bonds. The number of benzene rings is 1. The van der Waals surface area contributed by atoms with E-state index < -0.39 is 0 Å². The van der Waals surface area contributed by atoms with Gasteiger partial charge in [-0.15, -0.1) is 0 Å². The Kier molecular flexibility index (Phi) is 3.89. The molecular weight excluding hydrogens is 308 g/mol. The predicted octanol–water partition coefficient (Wildman–Crippen LogP) is 4.18. The molecule has 0 atom stereocenters. The van der Waals surface area contributed by atoms with E-state index in [2.05, 4.69) is 17.3 Å². The van der Waals surface area contributed by atoms with E-state index in [1.807, 2.05) is 18.2 Å². The highest BCUT2D eigenvalue weighted by molar-refractivity contribution is 6.30. The fourth-order valence-corrected chi connectivity index (χ4v) is 5.87. The lowest BCUT2D eigenvalue weighted by molar-refractivity contribution is -0.123. The molecule has 4 aliphatic rings. The quantitative estimate of drug-likeness (QED) is 0.897. The van der Waals surface area contributed by atoms with Gasteiger partial charge in [0.1, 0.15) is 0 Å². The Morgan fingerprint density at radius 3 is 2.39 bits per heavy atom. The molecule has 0 unspecified atom stereocenters. The number of nitrogens with one attached hydrogen (secondary N) is 1. The first-order valence-electron chi connectivity index (χ1n) is 8.79. The lowest BCUT2D eigenvalue weighted by Gasteiger charge is -2.59. The van der Waals surface area contributed by atoms with Crippen molar-refractivity contribution in [1.82, 2.24) is 4.90 Å². The Balaban J connectivity index is 1.41. The van der Waals surface area contributed by atoms with E-state index >= 15 is 0 Å². The summed E-state index contributed by atoms with van der Waals surface area (Å²) in [6, 6.07) is 7.36. The summed E-state index contributed by atoms with van der Waals surface area (Å²) < 4.78 is 0. The molecule has 0 saturated heterocycles. The number of hydrogen-bond donors (Lipinski definition) is 1. The average Bonchev–Trinajstić information content (AvgIpc) is 2.45. The number of carbonyl (C=O) groups excluding carboxylic acids is 1. The van der Waals surface area contributed by atoms with Crippen molar-refractivity contribution in [2.45, 2.75) is 44.1 Å². The van der Waals surface area contributed by atoms with Gasteiger partial charge < -0.3 is 5.32 Å². The normalized spacial score (nSPS) is 34.8. The molecule has 4 heteroatoms. The van der Waals surface area contributed by atoms with Crippen LogP contribution < -0.4 is 5.32 Å². The second kappa shape index (κ2) is 5.78. The van der Waals surface area contributed by atoms with Crippen molar-refractivity contribution in [2.75, 3.05) is 18.9 Å². The van der Waals surface area contributed by atoms with Crippen LogP contribution in [0.1, 0.15) is 38.5 Å². The van der Waals surface area contributed by atoms with Gasteiger partial charge >= 0.3 is 0 Å². The fraction of sp³-hybridized carbons (Fsp3) is 0.632. The third-order valence-corrected chi connectivity index (χ3v) is 6.54. The molecule has 4 fully saturated rings. The maximum atomic E-state index is 12.4. The van der Waals surface area contributed by atoms with Gasteiger partial charge in [0, 0.05) is 16.2 Å². The highest BCUT2D eigenvalue weighted by atomic mass is 35.5. The minimum Gasteiger partial charge on any atom is -0.325 e. The highest BCUT2D eigenvalue weighted by Crippen LogP contribution is 2.57. The Hall–Kier alpha value is -1.06. The van der Waals surface area contributed by atoms with Crippen LogP contribution in [0.15, 0.2) is 24.3 Å². The number of rotatable bonds is 4. The summed E-state index contributed by atoms with van der Waals surface area (Å²) in [6.45, 7) is 0.471. The Bertz CT molecular complexity index is 580. The maximum Gasteiger partial charge on any atom is 0.238 e. The van der Waals surface area contributed by atoms with E-state index in [-0.39, 0.29) is 11.4 Å². The van der Waals surface area contributed by atoms with E-state index in [4.69, 9.17) is 11.6 Å². The summed E-state index contributed by atoms with van der Waals surface area (Å²) in [5.74, 6) is 2.77. The summed E-state index contributed by atoms with van der Waals surface area (Å²) in [6.07, 6.45) is 8.17. The summed E-state index contributed by atoms with van der Waals surface area (Å²) in [7, 11) is 2.14. The van der Waals surface area contributed by atoms with Crippen molar-refractivity contribution in [3.8, 4) is 0 Å². The van der Waals surface area contributed by atoms with Gasteiger partial charge in [0.2, 0.25) is 5.91 Å². The van der Waals surface area contributed by atoms with Crippen LogP contribution in [0.3, 0.4) is 0 Å². The monoisotopic (exact) mass is 332 g/mol. The Labute approximate surface area is 143 Å². The molecule has 0 aliphatic heterocycles. The third-order valence-electron chi connectivity index (χ3n) is 6.30. The van der Waals surface area contributed by atoms with Gasteiger partial charge in [-0.05, 0) is 81.5 Å². The van der Waals surface area contributed by atoms with Crippen LogP contribution in [0.25, 0.3) is 0 Å². The summed E-state index contributed by atoms with van der Waals surface area (Å²) in [5, 5.41) is 3.63. The molecule has 0 radical (unpaired) electrons. The van der Waals surface area contributed by atoms with E-state index in [0.29, 0.717) is 11.6 Å². The van der Waals surface area contributed by atoms with Gasteiger partial charge in [0.25, 0.3) is 0 Å². The first kappa shape index (κ1) is 15.5. The van der Waals surface area contributed by atoms with Crippen molar-refractivity contribution >= 4 is 23.2 Å². The van der Waals surface area contributed by atoms with Crippen molar-refractivity contribution in [2.24, 2.45) is 17.8 Å². The molecule has 4 saturated carbocycles. The van der Waals surface area contributed by atoms with Crippen LogP contribution in [0.4, 0.5) is 5.69 Å². The molecule has 0 aromatic heterocycles. The number of hydrogen-bond acceptors (Lipinski definition) is 2. The zero-order valence-electron chi connectivity index (χ0n) is 13.7. The first-order valence-corrected chi connectivity index (χ1v) is 9.17. The molecule has 1 aromatic rings. The molecule has 124 valence electrons. The highest BCUT2D eigenvalue weighted by Gasteiger charge is 2.52. The SMILES string of the molecule is CN(CC(=O)Nc1cccc(Cl)c1)C12CC3CC(CC(C3)C1)C2. The standard InChI is InChI=1S/C19H25ClN2O/c1-22(12-18(23)21-17-4-2-3-16(20)8-17)19-9-13-5-14(10-19)7-15(6-13)11-19/h2-4,8,13-15H,5-7,9-12H2,1H3,(H,21,23). The average molecular weight is 333 g/mol. The van der Waals surface area contributed by atoms with Crippen molar-refractivity contribution in [3.63, 3.8) is 0 Å². The van der Waals surface area contributed by atoms with Crippen molar-refractivity contribution in [1.29, 1.82) is 0 Å². The summed E-state index contributed by atoms with van der Waals surface area (Å²) >= 11 is 5.98. The summed E-state index contributed by atoms with van der Waals surface area (Å²) in [5.41, 5.74) is 1.06. The van der Waals surface area contributed by atoms with Gasteiger partial charge in [0.05, 0.1) is 6.54 Å². The number of carbonyl (C=O) groups is 1. The lowest BCUT2D eigenvalue weighted by atomic mass is 9.52. The molecule has 0 spiro atoms.